The highest BCUT2D eigenvalue weighted by Gasteiger charge is 2.11. The SMILES string of the molecule is CN(Cc1ccco1)c1nc(N)ncc1CCN. The third-order valence-corrected chi connectivity index (χ3v) is 2.61. The molecule has 18 heavy (non-hydrogen) atoms. The van der Waals surface area contributed by atoms with Gasteiger partial charge in [0.15, 0.2) is 0 Å². The lowest BCUT2D eigenvalue weighted by atomic mass is 10.2. The fraction of sp³-hybridized carbons (Fsp3) is 0.333. The van der Waals surface area contributed by atoms with E-state index in [2.05, 4.69) is 9.97 Å². The minimum atomic E-state index is 0.261. The molecule has 96 valence electrons. The summed E-state index contributed by atoms with van der Waals surface area (Å²) in [7, 11) is 1.93. The summed E-state index contributed by atoms with van der Waals surface area (Å²) < 4.78 is 5.31. The van der Waals surface area contributed by atoms with E-state index in [0.29, 0.717) is 13.1 Å². The maximum atomic E-state index is 5.63. The Morgan fingerprint density at radius 1 is 1.44 bits per heavy atom. The Morgan fingerprint density at radius 2 is 2.28 bits per heavy atom. The molecule has 0 bridgehead atoms. The monoisotopic (exact) mass is 247 g/mol. The number of rotatable bonds is 5. The quantitative estimate of drug-likeness (QED) is 0.811. The summed E-state index contributed by atoms with van der Waals surface area (Å²) in [6, 6.07) is 3.78. The van der Waals surface area contributed by atoms with E-state index in [4.69, 9.17) is 15.9 Å². The van der Waals surface area contributed by atoms with Gasteiger partial charge in [0.1, 0.15) is 11.6 Å². The van der Waals surface area contributed by atoms with Crippen LogP contribution in [0.15, 0.2) is 29.0 Å². The van der Waals surface area contributed by atoms with Crippen LogP contribution in [0.4, 0.5) is 11.8 Å². The third kappa shape index (κ3) is 2.78. The number of nitrogens with two attached hydrogens (primary N) is 2. The van der Waals surface area contributed by atoms with Crippen molar-refractivity contribution in [3.05, 3.63) is 35.9 Å². The van der Waals surface area contributed by atoms with Gasteiger partial charge in [0.25, 0.3) is 0 Å². The van der Waals surface area contributed by atoms with Crippen molar-refractivity contribution in [1.29, 1.82) is 0 Å². The molecule has 6 nitrogen and oxygen atoms in total. The van der Waals surface area contributed by atoms with Crippen LogP contribution in [0.5, 0.6) is 0 Å². The first-order chi connectivity index (χ1) is 8.70. The predicted molar refractivity (Wildman–Crippen MR) is 70.0 cm³/mol. The molecule has 0 amide bonds. The lowest BCUT2D eigenvalue weighted by Gasteiger charge is -2.19. The van der Waals surface area contributed by atoms with Gasteiger partial charge >= 0.3 is 0 Å². The second-order valence-corrected chi connectivity index (χ2v) is 4.05. The highest BCUT2D eigenvalue weighted by molar-refractivity contribution is 5.48. The van der Waals surface area contributed by atoms with Gasteiger partial charge in [-0.2, -0.15) is 4.98 Å². The lowest BCUT2D eigenvalue weighted by molar-refractivity contribution is 0.506. The number of nitrogen functional groups attached to an aromatic ring is 1. The topological polar surface area (TPSA) is 94.2 Å². The van der Waals surface area contributed by atoms with Crippen LogP contribution < -0.4 is 16.4 Å². The molecule has 0 fully saturated rings. The van der Waals surface area contributed by atoms with Crippen molar-refractivity contribution in [3.8, 4) is 0 Å². The van der Waals surface area contributed by atoms with E-state index >= 15 is 0 Å². The Hall–Kier alpha value is -2.08. The van der Waals surface area contributed by atoms with Crippen LogP contribution in [0.25, 0.3) is 0 Å². The molecule has 2 aromatic rings. The van der Waals surface area contributed by atoms with E-state index in [1.807, 2.05) is 24.1 Å². The van der Waals surface area contributed by atoms with Gasteiger partial charge < -0.3 is 20.8 Å². The third-order valence-electron chi connectivity index (χ3n) is 2.61. The number of hydrogen-bond acceptors (Lipinski definition) is 6. The summed E-state index contributed by atoms with van der Waals surface area (Å²) >= 11 is 0. The number of hydrogen-bond donors (Lipinski definition) is 2. The minimum absolute atomic E-state index is 0.261. The minimum Gasteiger partial charge on any atom is -0.467 e. The van der Waals surface area contributed by atoms with Crippen molar-refractivity contribution in [3.63, 3.8) is 0 Å². The van der Waals surface area contributed by atoms with Gasteiger partial charge in [-0.1, -0.05) is 0 Å². The van der Waals surface area contributed by atoms with E-state index < -0.39 is 0 Å². The van der Waals surface area contributed by atoms with Crippen molar-refractivity contribution < 1.29 is 4.42 Å². The van der Waals surface area contributed by atoms with Crippen molar-refractivity contribution in [2.75, 3.05) is 24.2 Å². The van der Waals surface area contributed by atoms with E-state index in [-0.39, 0.29) is 5.95 Å². The van der Waals surface area contributed by atoms with E-state index in [0.717, 1.165) is 23.6 Å². The van der Waals surface area contributed by atoms with Crippen LogP contribution in [0.3, 0.4) is 0 Å². The zero-order valence-corrected chi connectivity index (χ0v) is 10.3. The summed E-state index contributed by atoms with van der Waals surface area (Å²) in [6.45, 7) is 1.18. The smallest absolute Gasteiger partial charge is 0.221 e. The molecule has 0 radical (unpaired) electrons. The Morgan fingerprint density at radius 3 is 2.94 bits per heavy atom. The predicted octanol–water partition coefficient (Wildman–Crippen LogP) is 0.789. The van der Waals surface area contributed by atoms with Gasteiger partial charge in [0.2, 0.25) is 5.95 Å². The summed E-state index contributed by atoms with van der Waals surface area (Å²) in [4.78, 5) is 10.2. The van der Waals surface area contributed by atoms with Crippen LogP contribution in [-0.4, -0.2) is 23.6 Å². The molecule has 2 heterocycles. The second-order valence-electron chi connectivity index (χ2n) is 4.05. The molecular formula is C12H17N5O. The van der Waals surface area contributed by atoms with Crippen molar-refractivity contribution in [2.24, 2.45) is 5.73 Å². The fourth-order valence-electron chi connectivity index (χ4n) is 1.78. The maximum absolute atomic E-state index is 5.63. The van der Waals surface area contributed by atoms with Crippen molar-refractivity contribution in [1.82, 2.24) is 9.97 Å². The summed E-state index contributed by atoms with van der Waals surface area (Å²) in [5.41, 5.74) is 12.2. The standard InChI is InChI=1S/C12H17N5O/c1-17(8-10-3-2-6-18-10)11-9(4-5-13)7-15-12(14)16-11/h2-3,6-7H,4-5,8,13H2,1H3,(H2,14,15,16). The molecule has 0 spiro atoms. The molecular weight excluding hydrogens is 230 g/mol. The van der Waals surface area contributed by atoms with Crippen LogP contribution in [0, 0.1) is 0 Å². The maximum Gasteiger partial charge on any atom is 0.221 e. The van der Waals surface area contributed by atoms with Gasteiger partial charge in [-0.15, -0.1) is 0 Å². The van der Waals surface area contributed by atoms with Crippen molar-refractivity contribution in [2.45, 2.75) is 13.0 Å². The zero-order chi connectivity index (χ0) is 13.0. The second kappa shape index (κ2) is 5.50. The lowest BCUT2D eigenvalue weighted by Crippen LogP contribution is -2.21. The molecule has 2 aromatic heterocycles. The number of anilines is 2. The van der Waals surface area contributed by atoms with Crippen molar-refractivity contribution >= 4 is 11.8 Å². The average molecular weight is 247 g/mol. The fourth-order valence-corrected chi connectivity index (χ4v) is 1.78. The summed E-state index contributed by atoms with van der Waals surface area (Å²) in [6.07, 6.45) is 4.10. The number of furan rings is 1. The van der Waals surface area contributed by atoms with Gasteiger partial charge in [0, 0.05) is 18.8 Å². The normalized spacial score (nSPS) is 10.6. The van der Waals surface area contributed by atoms with Gasteiger partial charge in [-0.05, 0) is 25.1 Å². The van der Waals surface area contributed by atoms with E-state index in [1.165, 1.54) is 0 Å². The first-order valence-corrected chi connectivity index (χ1v) is 5.75. The van der Waals surface area contributed by atoms with E-state index in [1.54, 1.807) is 12.5 Å². The molecule has 0 saturated heterocycles. The molecule has 0 unspecified atom stereocenters. The molecule has 4 N–H and O–H groups in total. The first kappa shape index (κ1) is 12.4. The molecule has 0 atom stereocenters. The number of aromatic nitrogens is 2. The zero-order valence-electron chi connectivity index (χ0n) is 10.3. The van der Waals surface area contributed by atoms with Crippen LogP contribution >= 0.6 is 0 Å². The molecule has 2 rings (SSSR count). The van der Waals surface area contributed by atoms with Crippen LogP contribution in [0.2, 0.25) is 0 Å². The van der Waals surface area contributed by atoms with Gasteiger partial charge in [0.05, 0.1) is 12.8 Å². The Labute approximate surface area is 106 Å². The largest absolute Gasteiger partial charge is 0.467 e. The Bertz CT molecular complexity index is 497. The summed E-state index contributed by atoms with van der Waals surface area (Å²) in [5, 5.41) is 0. The Balaban J connectivity index is 2.22. The molecule has 0 saturated carbocycles. The summed E-state index contributed by atoms with van der Waals surface area (Å²) in [5.74, 6) is 1.93. The molecule has 0 aromatic carbocycles. The Kier molecular flexibility index (Phi) is 3.78. The molecule has 0 aliphatic carbocycles. The molecule has 0 aliphatic heterocycles. The van der Waals surface area contributed by atoms with Gasteiger partial charge in [-0.3, -0.25) is 0 Å². The average Bonchev–Trinajstić information content (AvgIpc) is 2.84. The van der Waals surface area contributed by atoms with Gasteiger partial charge in [-0.25, -0.2) is 4.98 Å². The number of nitrogens with zero attached hydrogens (tertiary/aromatic N) is 3. The first-order valence-electron chi connectivity index (χ1n) is 5.75. The van der Waals surface area contributed by atoms with Crippen LogP contribution in [-0.2, 0) is 13.0 Å². The van der Waals surface area contributed by atoms with Crippen LogP contribution in [0.1, 0.15) is 11.3 Å². The molecule has 0 aliphatic rings. The highest BCUT2D eigenvalue weighted by Crippen LogP contribution is 2.19. The highest BCUT2D eigenvalue weighted by atomic mass is 16.3. The molecule has 6 heteroatoms. The van der Waals surface area contributed by atoms with E-state index in [9.17, 15) is 0 Å².